The Balaban J connectivity index is 1.65. The van der Waals surface area contributed by atoms with E-state index in [2.05, 4.69) is 15.7 Å². The molecule has 1 aliphatic rings. The first-order valence-electron chi connectivity index (χ1n) is 9.31. The maximum atomic E-state index is 12.5. The molecule has 1 aliphatic carbocycles. The molecule has 0 saturated heterocycles. The van der Waals surface area contributed by atoms with E-state index in [4.69, 9.17) is 4.74 Å². The lowest BCUT2D eigenvalue weighted by atomic mass is 9.89. The molecule has 7 heteroatoms. The first kappa shape index (κ1) is 19.1. The van der Waals surface area contributed by atoms with E-state index in [9.17, 15) is 9.59 Å². The van der Waals surface area contributed by atoms with Gasteiger partial charge in [-0.3, -0.25) is 14.3 Å². The Morgan fingerprint density at radius 2 is 1.96 bits per heavy atom. The second-order valence-electron chi connectivity index (χ2n) is 6.95. The number of carbonyl (C=O) groups is 2. The van der Waals surface area contributed by atoms with E-state index in [1.165, 1.54) is 11.1 Å². The first-order chi connectivity index (χ1) is 13.1. The van der Waals surface area contributed by atoms with Crippen molar-refractivity contribution in [1.82, 2.24) is 9.78 Å². The summed E-state index contributed by atoms with van der Waals surface area (Å²) in [5, 5.41) is 9.97. The van der Waals surface area contributed by atoms with Gasteiger partial charge < -0.3 is 15.4 Å². The smallest absolute Gasteiger partial charge is 0.276 e. The third-order valence-electron chi connectivity index (χ3n) is 4.84. The predicted octanol–water partition coefficient (Wildman–Crippen LogP) is 3.34. The molecule has 7 nitrogen and oxygen atoms in total. The van der Waals surface area contributed by atoms with Gasteiger partial charge in [0.2, 0.25) is 5.91 Å². The van der Waals surface area contributed by atoms with Gasteiger partial charge in [0, 0.05) is 31.8 Å². The lowest BCUT2D eigenvalue weighted by Crippen LogP contribution is -2.25. The number of nitrogens with one attached hydrogen (secondary N) is 2. The summed E-state index contributed by atoms with van der Waals surface area (Å²) >= 11 is 0. The number of hydrogen-bond acceptors (Lipinski definition) is 4. The van der Waals surface area contributed by atoms with E-state index in [1.54, 1.807) is 20.2 Å². The number of aromatic nitrogens is 2. The van der Waals surface area contributed by atoms with Crippen molar-refractivity contribution in [2.24, 2.45) is 13.0 Å². The van der Waals surface area contributed by atoms with E-state index in [0.29, 0.717) is 18.1 Å². The molecule has 144 valence electrons. The summed E-state index contributed by atoms with van der Waals surface area (Å²) in [7, 11) is 3.34. The summed E-state index contributed by atoms with van der Waals surface area (Å²) in [6, 6.07) is 9.06. The number of nitrogens with zero attached hydrogens (tertiary/aromatic N) is 2. The third kappa shape index (κ3) is 4.95. The van der Waals surface area contributed by atoms with E-state index in [1.807, 2.05) is 24.3 Å². The average Bonchev–Trinajstić information content (AvgIpc) is 3.04. The topological polar surface area (TPSA) is 85.3 Å². The summed E-state index contributed by atoms with van der Waals surface area (Å²) in [6.45, 7) is 0.477. The fourth-order valence-corrected chi connectivity index (χ4v) is 3.39. The highest BCUT2D eigenvalue weighted by Crippen LogP contribution is 2.25. The minimum absolute atomic E-state index is 0.0110. The van der Waals surface area contributed by atoms with Gasteiger partial charge in [0.05, 0.1) is 6.61 Å². The molecule has 0 radical (unpaired) electrons. The number of methoxy groups -OCH3 is 1. The van der Waals surface area contributed by atoms with Crippen LogP contribution in [0.5, 0.6) is 0 Å². The molecule has 0 unspecified atom stereocenters. The van der Waals surface area contributed by atoms with Crippen LogP contribution in [0.1, 0.15) is 48.2 Å². The van der Waals surface area contributed by atoms with Gasteiger partial charge in [-0.15, -0.1) is 0 Å². The normalized spacial score (nSPS) is 14.7. The molecule has 3 rings (SSSR count). The minimum Gasteiger partial charge on any atom is -0.380 e. The molecule has 0 bridgehead atoms. The largest absolute Gasteiger partial charge is 0.380 e. The lowest BCUT2D eigenvalue weighted by molar-refractivity contribution is -0.120. The van der Waals surface area contributed by atoms with Crippen LogP contribution in [0.25, 0.3) is 0 Å². The highest BCUT2D eigenvalue weighted by molar-refractivity contribution is 6.04. The number of hydrogen-bond donors (Lipinski definition) is 2. The molecular weight excluding hydrogens is 344 g/mol. The Labute approximate surface area is 159 Å². The molecular formula is C20H26N4O3. The van der Waals surface area contributed by atoms with Crippen molar-refractivity contribution in [1.29, 1.82) is 0 Å². The highest BCUT2D eigenvalue weighted by Gasteiger charge is 2.22. The van der Waals surface area contributed by atoms with Crippen LogP contribution in [-0.2, 0) is 23.2 Å². The Morgan fingerprint density at radius 1 is 1.19 bits per heavy atom. The second-order valence-corrected chi connectivity index (χ2v) is 6.95. The second kappa shape index (κ2) is 8.81. The summed E-state index contributed by atoms with van der Waals surface area (Å²) in [5.41, 5.74) is 1.90. The monoisotopic (exact) mass is 370 g/mol. The van der Waals surface area contributed by atoms with E-state index >= 15 is 0 Å². The fourth-order valence-electron chi connectivity index (χ4n) is 3.39. The predicted molar refractivity (Wildman–Crippen MR) is 104 cm³/mol. The van der Waals surface area contributed by atoms with E-state index in [0.717, 1.165) is 31.2 Å². The molecule has 0 aliphatic heterocycles. The summed E-state index contributed by atoms with van der Waals surface area (Å²) < 4.78 is 6.63. The number of aryl methyl sites for hydroxylation is 1. The van der Waals surface area contributed by atoms with Crippen LogP contribution in [0, 0.1) is 5.92 Å². The van der Waals surface area contributed by atoms with Crippen molar-refractivity contribution < 1.29 is 14.3 Å². The third-order valence-corrected chi connectivity index (χ3v) is 4.84. The van der Waals surface area contributed by atoms with Crippen LogP contribution >= 0.6 is 0 Å². The summed E-state index contributed by atoms with van der Waals surface area (Å²) in [5.74, 6) is 0.272. The van der Waals surface area contributed by atoms with Crippen LogP contribution in [-0.4, -0.2) is 28.7 Å². The van der Waals surface area contributed by atoms with E-state index in [-0.39, 0.29) is 23.4 Å². The van der Waals surface area contributed by atoms with Gasteiger partial charge in [0.1, 0.15) is 5.82 Å². The molecule has 1 aromatic carbocycles. The zero-order chi connectivity index (χ0) is 19.2. The molecule has 1 aromatic heterocycles. The molecule has 1 saturated carbocycles. The molecule has 0 atom stereocenters. The molecule has 0 spiro atoms. The molecule has 1 heterocycles. The highest BCUT2D eigenvalue weighted by atomic mass is 16.5. The van der Waals surface area contributed by atoms with Gasteiger partial charge >= 0.3 is 0 Å². The van der Waals surface area contributed by atoms with Crippen molar-refractivity contribution in [2.75, 3.05) is 17.7 Å². The Bertz CT molecular complexity index is 809. The summed E-state index contributed by atoms with van der Waals surface area (Å²) in [6.07, 6.45) is 5.24. The average molecular weight is 370 g/mol. The van der Waals surface area contributed by atoms with E-state index < -0.39 is 0 Å². The Hall–Kier alpha value is -2.67. The molecule has 1 fully saturated rings. The van der Waals surface area contributed by atoms with Gasteiger partial charge in [-0.05, 0) is 30.5 Å². The maximum absolute atomic E-state index is 12.5. The van der Waals surface area contributed by atoms with Gasteiger partial charge in [0.15, 0.2) is 5.69 Å². The number of carbonyl (C=O) groups excluding carboxylic acids is 2. The fraction of sp³-hybridized carbons (Fsp3) is 0.450. The Morgan fingerprint density at radius 3 is 2.70 bits per heavy atom. The first-order valence-corrected chi connectivity index (χ1v) is 9.31. The van der Waals surface area contributed by atoms with Gasteiger partial charge in [-0.1, -0.05) is 31.4 Å². The van der Waals surface area contributed by atoms with Crippen molar-refractivity contribution in [3.63, 3.8) is 0 Å². The number of amides is 2. The van der Waals surface area contributed by atoms with Crippen LogP contribution < -0.4 is 10.6 Å². The quantitative estimate of drug-likeness (QED) is 0.817. The van der Waals surface area contributed by atoms with Crippen LogP contribution in [0.2, 0.25) is 0 Å². The summed E-state index contributed by atoms with van der Waals surface area (Å²) in [4.78, 5) is 24.9. The molecule has 2 amide bonds. The molecule has 27 heavy (non-hydrogen) atoms. The maximum Gasteiger partial charge on any atom is 0.276 e. The molecule has 2 N–H and O–H groups in total. The van der Waals surface area contributed by atoms with Crippen LogP contribution in [0.4, 0.5) is 11.5 Å². The number of ether oxygens (including phenoxy) is 1. The SMILES string of the molecule is COCc1cccc(NC(=O)c2cc(NC(=O)C3CCCCC3)n(C)n2)c1. The zero-order valence-corrected chi connectivity index (χ0v) is 15.8. The number of anilines is 2. The van der Waals surface area contributed by atoms with Gasteiger partial charge in [-0.2, -0.15) is 5.10 Å². The van der Waals surface area contributed by atoms with Crippen LogP contribution in [0.15, 0.2) is 30.3 Å². The number of benzene rings is 1. The lowest BCUT2D eigenvalue weighted by Gasteiger charge is -2.20. The van der Waals surface area contributed by atoms with Crippen molar-refractivity contribution in [2.45, 2.75) is 38.7 Å². The minimum atomic E-state index is -0.321. The van der Waals surface area contributed by atoms with Crippen molar-refractivity contribution >= 4 is 23.3 Å². The standard InChI is InChI=1S/C20H26N4O3/c1-24-18(22-19(25)15-8-4-3-5-9-15)12-17(23-24)20(26)21-16-10-6-7-14(11-16)13-27-2/h6-7,10-12,15H,3-5,8-9,13H2,1-2H3,(H,21,26)(H,22,25). The Kier molecular flexibility index (Phi) is 6.24. The number of rotatable bonds is 6. The van der Waals surface area contributed by atoms with Crippen molar-refractivity contribution in [3.8, 4) is 0 Å². The van der Waals surface area contributed by atoms with Crippen molar-refractivity contribution in [3.05, 3.63) is 41.6 Å². The van der Waals surface area contributed by atoms with Crippen LogP contribution in [0.3, 0.4) is 0 Å². The molecule has 2 aromatic rings. The van der Waals surface area contributed by atoms with Gasteiger partial charge in [0.25, 0.3) is 5.91 Å². The van der Waals surface area contributed by atoms with Gasteiger partial charge in [-0.25, -0.2) is 0 Å². The zero-order valence-electron chi connectivity index (χ0n) is 15.8.